The molecule has 2 N–H and O–H groups in total. The molecule has 7 nitrogen and oxygen atoms in total. The van der Waals surface area contributed by atoms with Crippen molar-refractivity contribution in [2.45, 2.75) is 0 Å². The first kappa shape index (κ1) is 19.0. The Kier molecular flexibility index (Phi) is 5.48. The molecule has 1 aliphatic heterocycles. The van der Waals surface area contributed by atoms with Crippen LogP contribution in [-0.4, -0.2) is 49.5 Å². The fourth-order valence-electron chi connectivity index (χ4n) is 3.27. The van der Waals surface area contributed by atoms with Gasteiger partial charge in [0, 0.05) is 43.4 Å². The molecule has 0 unspecified atom stereocenters. The maximum atomic E-state index is 13.0. The van der Waals surface area contributed by atoms with Crippen molar-refractivity contribution in [3.8, 4) is 28.4 Å². The number of hydrogen-bond acceptors (Lipinski definition) is 5. The quantitative estimate of drug-likeness (QED) is 0.646. The van der Waals surface area contributed by atoms with Gasteiger partial charge < -0.3 is 20.1 Å². The SMILES string of the molecule is COc1ccc(-c2nn(-c3ccccc3)cc2C(=O)NCC2CNC2)c(OC)c1. The molecular formula is C22H24N4O3. The smallest absolute Gasteiger partial charge is 0.255 e. The summed E-state index contributed by atoms with van der Waals surface area (Å²) < 4.78 is 12.6. The largest absolute Gasteiger partial charge is 0.497 e. The summed E-state index contributed by atoms with van der Waals surface area (Å²) in [6.07, 6.45) is 1.77. The van der Waals surface area contributed by atoms with Gasteiger partial charge in [0.15, 0.2) is 0 Å². The molecule has 0 atom stereocenters. The van der Waals surface area contributed by atoms with Crippen molar-refractivity contribution in [1.29, 1.82) is 0 Å². The van der Waals surface area contributed by atoms with Crippen LogP contribution in [0, 0.1) is 5.92 Å². The third kappa shape index (κ3) is 3.95. The van der Waals surface area contributed by atoms with E-state index in [1.807, 2.05) is 42.5 Å². The van der Waals surface area contributed by atoms with Crippen LogP contribution in [0.3, 0.4) is 0 Å². The molecule has 0 aliphatic carbocycles. The Morgan fingerprint density at radius 1 is 1.17 bits per heavy atom. The van der Waals surface area contributed by atoms with Crippen molar-refractivity contribution < 1.29 is 14.3 Å². The number of hydrogen-bond donors (Lipinski definition) is 2. The standard InChI is InChI=1S/C22H24N4O3/c1-28-17-8-9-18(20(10-17)29-2)21-19(22(27)24-13-15-11-23-12-15)14-26(25-21)16-6-4-3-5-7-16/h3-10,14-15,23H,11-13H2,1-2H3,(H,24,27). The van der Waals surface area contributed by atoms with Gasteiger partial charge in [0.25, 0.3) is 5.91 Å². The molecule has 2 heterocycles. The van der Waals surface area contributed by atoms with Crippen molar-refractivity contribution in [2.75, 3.05) is 33.9 Å². The Hall–Kier alpha value is -3.32. The predicted octanol–water partition coefficient (Wildman–Crippen LogP) is 2.51. The minimum absolute atomic E-state index is 0.146. The van der Waals surface area contributed by atoms with Crippen LogP contribution < -0.4 is 20.1 Å². The fourth-order valence-corrected chi connectivity index (χ4v) is 3.27. The predicted molar refractivity (Wildman–Crippen MR) is 111 cm³/mol. The summed E-state index contributed by atoms with van der Waals surface area (Å²) in [4.78, 5) is 13.0. The Labute approximate surface area is 169 Å². The van der Waals surface area contributed by atoms with Gasteiger partial charge in [-0.25, -0.2) is 4.68 Å². The van der Waals surface area contributed by atoms with Gasteiger partial charge in [-0.1, -0.05) is 18.2 Å². The Morgan fingerprint density at radius 3 is 2.62 bits per heavy atom. The van der Waals surface area contributed by atoms with E-state index in [4.69, 9.17) is 14.6 Å². The lowest BCUT2D eigenvalue weighted by Gasteiger charge is -2.27. The van der Waals surface area contributed by atoms with Crippen LogP contribution in [0.2, 0.25) is 0 Å². The summed E-state index contributed by atoms with van der Waals surface area (Å²) >= 11 is 0. The number of nitrogens with one attached hydrogen (secondary N) is 2. The molecule has 3 aromatic rings. The number of amides is 1. The Bertz CT molecular complexity index is 997. The van der Waals surface area contributed by atoms with Gasteiger partial charge in [-0.05, 0) is 24.3 Å². The summed E-state index contributed by atoms with van der Waals surface area (Å²) in [5.74, 6) is 1.60. The minimum atomic E-state index is -0.146. The molecule has 4 rings (SSSR count). The molecule has 1 saturated heterocycles. The van der Waals surface area contributed by atoms with Crippen LogP contribution in [0.25, 0.3) is 16.9 Å². The van der Waals surface area contributed by atoms with E-state index in [0.717, 1.165) is 24.3 Å². The molecule has 29 heavy (non-hydrogen) atoms. The zero-order valence-electron chi connectivity index (χ0n) is 16.5. The normalized spacial score (nSPS) is 13.6. The van der Waals surface area contributed by atoms with Gasteiger partial charge in [-0.2, -0.15) is 5.10 Å². The molecule has 2 aromatic carbocycles. The summed E-state index contributed by atoms with van der Waals surface area (Å²) in [6, 6.07) is 15.2. The highest BCUT2D eigenvalue weighted by molar-refractivity contribution is 6.00. The van der Waals surface area contributed by atoms with Gasteiger partial charge in [0.05, 0.1) is 25.5 Å². The van der Waals surface area contributed by atoms with Crippen molar-refractivity contribution in [3.63, 3.8) is 0 Å². The molecule has 1 fully saturated rings. The second kappa shape index (κ2) is 8.36. The number of para-hydroxylation sites is 1. The van der Waals surface area contributed by atoms with Crippen LogP contribution >= 0.6 is 0 Å². The fraction of sp³-hybridized carbons (Fsp3) is 0.273. The maximum Gasteiger partial charge on any atom is 0.255 e. The van der Waals surface area contributed by atoms with Crippen molar-refractivity contribution in [1.82, 2.24) is 20.4 Å². The summed E-state index contributed by atoms with van der Waals surface area (Å²) in [5, 5.41) is 11.0. The van der Waals surface area contributed by atoms with E-state index in [1.165, 1.54) is 0 Å². The first-order chi connectivity index (χ1) is 14.2. The van der Waals surface area contributed by atoms with Gasteiger partial charge in [-0.3, -0.25) is 4.79 Å². The third-order valence-electron chi connectivity index (χ3n) is 5.06. The van der Waals surface area contributed by atoms with Gasteiger partial charge in [-0.15, -0.1) is 0 Å². The number of ether oxygens (including phenoxy) is 2. The number of carbonyl (C=O) groups excluding carboxylic acids is 1. The second-order valence-electron chi connectivity index (χ2n) is 6.97. The summed E-state index contributed by atoms with van der Waals surface area (Å²) in [5.41, 5.74) is 2.68. The first-order valence-electron chi connectivity index (χ1n) is 9.56. The molecule has 0 saturated carbocycles. The zero-order valence-corrected chi connectivity index (χ0v) is 16.5. The first-order valence-corrected chi connectivity index (χ1v) is 9.56. The third-order valence-corrected chi connectivity index (χ3v) is 5.06. The number of aromatic nitrogens is 2. The Morgan fingerprint density at radius 2 is 1.97 bits per heavy atom. The molecule has 0 bridgehead atoms. The number of nitrogens with zero attached hydrogens (tertiary/aromatic N) is 2. The zero-order chi connectivity index (χ0) is 20.2. The molecular weight excluding hydrogens is 368 g/mol. The van der Waals surface area contributed by atoms with E-state index >= 15 is 0 Å². The Balaban J connectivity index is 1.74. The molecule has 150 valence electrons. The molecule has 0 spiro atoms. The monoisotopic (exact) mass is 392 g/mol. The second-order valence-corrected chi connectivity index (χ2v) is 6.97. The lowest BCUT2D eigenvalue weighted by atomic mass is 10.0. The van der Waals surface area contributed by atoms with E-state index in [-0.39, 0.29) is 5.91 Å². The summed E-state index contributed by atoms with van der Waals surface area (Å²) in [6.45, 7) is 2.51. The highest BCUT2D eigenvalue weighted by Crippen LogP contribution is 2.34. The van der Waals surface area contributed by atoms with E-state index in [9.17, 15) is 4.79 Å². The van der Waals surface area contributed by atoms with Crippen molar-refractivity contribution in [2.24, 2.45) is 5.92 Å². The van der Waals surface area contributed by atoms with Crippen LogP contribution in [0.5, 0.6) is 11.5 Å². The highest BCUT2D eigenvalue weighted by Gasteiger charge is 2.23. The lowest BCUT2D eigenvalue weighted by Crippen LogP contribution is -2.48. The van der Waals surface area contributed by atoms with Gasteiger partial charge >= 0.3 is 0 Å². The van der Waals surface area contributed by atoms with Crippen LogP contribution in [0.4, 0.5) is 0 Å². The van der Waals surface area contributed by atoms with Crippen molar-refractivity contribution in [3.05, 3.63) is 60.3 Å². The van der Waals surface area contributed by atoms with E-state index in [1.54, 1.807) is 31.2 Å². The van der Waals surface area contributed by atoms with Gasteiger partial charge in [0.2, 0.25) is 0 Å². The van der Waals surface area contributed by atoms with E-state index in [2.05, 4.69) is 10.6 Å². The molecule has 7 heteroatoms. The summed E-state index contributed by atoms with van der Waals surface area (Å²) in [7, 11) is 3.20. The molecule has 0 radical (unpaired) electrons. The molecule has 1 amide bonds. The van der Waals surface area contributed by atoms with Crippen molar-refractivity contribution >= 4 is 5.91 Å². The number of rotatable bonds is 7. The van der Waals surface area contributed by atoms with E-state index in [0.29, 0.717) is 35.2 Å². The van der Waals surface area contributed by atoms with E-state index < -0.39 is 0 Å². The van der Waals surface area contributed by atoms with Crippen LogP contribution in [0.15, 0.2) is 54.7 Å². The van der Waals surface area contributed by atoms with Gasteiger partial charge in [0.1, 0.15) is 17.2 Å². The number of benzene rings is 2. The average Bonchev–Trinajstić information content (AvgIpc) is 3.18. The number of carbonyl (C=O) groups is 1. The topological polar surface area (TPSA) is 77.4 Å². The lowest BCUT2D eigenvalue weighted by molar-refractivity contribution is 0.0943. The van der Waals surface area contributed by atoms with Crippen LogP contribution in [0.1, 0.15) is 10.4 Å². The molecule has 1 aliphatic rings. The highest BCUT2D eigenvalue weighted by atomic mass is 16.5. The molecule has 1 aromatic heterocycles. The average molecular weight is 392 g/mol. The maximum absolute atomic E-state index is 13.0. The number of methoxy groups -OCH3 is 2. The van der Waals surface area contributed by atoms with Crippen LogP contribution in [-0.2, 0) is 0 Å². The minimum Gasteiger partial charge on any atom is -0.497 e.